The number of nitrogens with zero attached hydrogens (tertiary/aromatic N) is 3. The SMILES string of the molecule is Clc1ccc2ncc(COc3cccnc3)n2c1. The van der Waals surface area contributed by atoms with E-state index in [9.17, 15) is 0 Å². The third kappa shape index (κ3) is 2.15. The monoisotopic (exact) mass is 259 g/mol. The number of aromatic nitrogens is 3. The van der Waals surface area contributed by atoms with E-state index >= 15 is 0 Å². The van der Waals surface area contributed by atoms with Crippen LogP contribution in [0.2, 0.25) is 5.02 Å². The molecule has 0 aliphatic carbocycles. The summed E-state index contributed by atoms with van der Waals surface area (Å²) in [5, 5.41) is 0.670. The highest BCUT2D eigenvalue weighted by atomic mass is 35.5. The molecular weight excluding hydrogens is 250 g/mol. The van der Waals surface area contributed by atoms with Crippen molar-refractivity contribution in [2.75, 3.05) is 0 Å². The van der Waals surface area contributed by atoms with E-state index < -0.39 is 0 Å². The molecule has 0 amide bonds. The van der Waals surface area contributed by atoms with Gasteiger partial charge in [-0.05, 0) is 24.3 Å². The number of hydrogen-bond donors (Lipinski definition) is 0. The number of pyridine rings is 2. The first-order valence-electron chi connectivity index (χ1n) is 5.47. The molecule has 3 heterocycles. The van der Waals surface area contributed by atoms with E-state index in [2.05, 4.69) is 9.97 Å². The van der Waals surface area contributed by atoms with Crippen LogP contribution in [0.15, 0.2) is 49.1 Å². The number of halogens is 1. The fraction of sp³-hybridized carbons (Fsp3) is 0.0769. The largest absolute Gasteiger partial charge is 0.486 e. The van der Waals surface area contributed by atoms with Crippen LogP contribution < -0.4 is 4.74 Å². The Bertz CT molecular complexity index is 666. The van der Waals surface area contributed by atoms with E-state index in [1.165, 1.54) is 0 Å². The first-order valence-corrected chi connectivity index (χ1v) is 5.85. The first kappa shape index (κ1) is 11.0. The standard InChI is InChI=1S/C13H10ClN3O/c14-10-3-4-13-16-6-11(17(13)8-10)9-18-12-2-1-5-15-7-12/h1-8H,9H2. The fourth-order valence-corrected chi connectivity index (χ4v) is 1.86. The summed E-state index contributed by atoms with van der Waals surface area (Å²) in [6.07, 6.45) is 6.99. The minimum Gasteiger partial charge on any atom is -0.486 e. The van der Waals surface area contributed by atoms with Gasteiger partial charge in [-0.25, -0.2) is 4.98 Å². The summed E-state index contributed by atoms with van der Waals surface area (Å²) in [4.78, 5) is 8.27. The maximum absolute atomic E-state index is 5.97. The van der Waals surface area contributed by atoms with Crippen molar-refractivity contribution in [3.05, 3.63) is 59.8 Å². The summed E-state index contributed by atoms with van der Waals surface area (Å²) in [6.45, 7) is 0.424. The van der Waals surface area contributed by atoms with Gasteiger partial charge >= 0.3 is 0 Å². The number of hydrogen-bond acceptors (Lipinski definition) is 3. The van der Waals surface area contributed by atoms with Crippen LogP contribution >= 0.6 is 11.6 Å². The predicted octanol–water partition coefficient (Wildman–Crippen LogP) is 2.96. The Morgan fingerprint density at radius 3 is 3.00 bits per heavy atom. The lowest BCUT2D eigenvalue weighted by molar-refractivity contribution is 0.299. The zero-order valence-corrected chi connectivity index (χ0v) is 10.2. The van der Waals surface area contributed by atoms with Gasteiger partial charge in [-0.3, -0.25) is 9.38 Å². The van der Waals surface area contributed by atoms with Crippen molar-refractivity contribution in [3.8, 4) is 5.75 Å². The van der Waals surface area contributed by atoms with E-state index in [4.69, 9.17) is 16.3 Å². The third-order valence-corrected chi connectivity index (χ3v) is 2.79. The van der Waals surface area contributed by atoms with Crippen LogP contribution in [0.1, 0.15) is 5.69 Å². The number of fused-ring (bicyclic) bond motifs is 1. The lowest BCUT2D eigenvalue weighted by Gasteiger charge is -2.05. The van der Waals surface area contributed by atoms with Gasteiger partial charge in [0.25, 0.3) is 0 Å². The average molecular weight is 260 g/mol. The summed E-state index contributed by atoms with van der Waals surface area (Å²) in [7, 11) is 0. The minimum atomic E-state index is 0.424. The van der Waals surface area contributed by atoms with E-state index in [1.54, 1.807) is 18.6 Å². The smallest absolute Gasteiger partial charge is 0.138 e. The van der Waals surface area contributed by atoms with E-state index in [0.29, 0.717) is 11.6 Å². The Hall–Kier alpha value is -2.07. The molecule has 3 rings (SSSR count). The van der Waals surface area contributed by atoms with Gasteiger partial charge in [0.15, 0.2) is 0 Å². The van der Waals surface area contributed by atoms with Crippen molar-refractivity contribution < 1.29 is 4.74 Å². The zero-order valence-electron chi connectivity index (χ0n) is 9.45. The Labute approximate surface area is 109 Å². The lowest BCUT2D eigenvalue weighted by Crippen LogP contribution is -1.99. The summed E-state index contributed by atoms with van der Waals surface area (Å²) >= 11 is 5.97. The molecule has 3 aromatic rings. The Morgan fingerprint density at radius 2 is 2.17 bits per heavy atom. The van der Waals surface area contributed by atoms with Crippen molar-refractivity contribution in [1.29, 1.82) is 0 Å². The first-order chi connectivity index (χ1) is 8.83. The second-order valence-corrected chi connectivity index (χ2v) is 4.24. The highest BCUT2D eigenvalue weighted by Crippen LogP contribution is 2.15. The van der Waals surface area contributed by atoms with Crippen molar-refractivity contribution in [1.82, 2.24) is 14.4 Å². The second kappa shape index (κ2) is 4.66. The highest BCUT2D eigenvalue weighted by Gasteiger charge is 2.04. The van der Waals surface area contributed by atoms with Gasteiger partial charge in [0.1, 0.15) is 18.0 Å². The van der Waals surface area contributed by atoms with Crippen molar-refractivity contribution in [2.45, 2.75) is 6.61 Å². The molecule has 18 heavy (non-hydrogen) atoms. The lowest BCUT2D eigenvalue weighted by atomic mass is 10.4. The van der Waals surface area contributed by atoms with Crippen molar-refractivity contribution >= 4 is 17.2 Å². The molecule has 4 nitrogen and oxygen atoms in total. The van der Waals surface area contributed by atoms with Crippen LogP contribution in [0.25, 0.3) is 5.65 Å². The Morgan fingerprint density at radius 1 is 1.22 bits per heavy atom. The molecule has 5 heteroatoms. The Balaban J connectivity index is 1.85. The van der Waals surface area contributed by atoms with Gasteiger partial charge in [0.05, 0.1) is 23.1 Å². The molecule has 0 aliphatic heterocycles. The van der Waals surface area contributed by atoms with Gasteiger partial charge < -0.3 is 4.74 Å². The fourth-order valence-electron chi connectivity index (χ4n) is 1.70. The molecule has 0 saturated carbocycles. The molecule has 0 fully saturated rings. The molecule has 90 valence electrons. The topological polar surface area (TPSA) is 39.4 Å². The summed E-state index contributed by atoms with van der Waals surface area (Å²) in [5.74, 6) is 0.731. The van der Waals surface area contributed by atoms with Crippen LogP contribution in [-0.4, -0.2) is 14.4 Å². The molecule has 0 N–H and O–H groups in total. The van der Waals surface area contributed by atoms with Crippen LogP contribution in [0.4, 0.5) is 0 Å². The summed E-state index contributed by atoms with van der Waals surface area (Å²) < 4.78 is 7.55. The number of rotatable bonds is 3. The van der Waals surface area contributed by atoms with Gasteiger partial charge in [-0.15, -0.1) is 0 Å². The maximum atomic E-state index is 5.97. The zero-order chi connectivity index (χ0) is 12.4. The second-order valence-electron chi connectivity index (χ2n) is 3.80. The molecule has 0 bridgehead atoms. The molecule has 0 unspecified atom stereocenters. The van der Waals surface area contributed by atoms with E-state index in [1.807, 2.05) is 34.9 Å². The molecule has 0 radical (unpaired) electrons. The van der Waals surface area contributed by atoms with Gasteiger partial charge in [0, 0.05) is 12.4 Å². The molecule has 0 aliphatic rings. The van der Waals surface area contributed by atoms with Crippen molar-refractivity contribution in [3.63, 3.8) is 0 Å². The predicted molar refractivity (Wildman–Crippen MR) is 68.8 cm³/mol. The highest BCUT2D eigenvalue weighted by molar-refractivity contribution is 6.30. The Kier molecular flexibility index (Phi) is 2.86. The molecule has 0 aromatic carbocycles. The number of ether oxygens (including phenoxy) is 1. The van der Waals surface area contributed by atoms with Crippen LogP contribution in [0.5, 0.6) is 5.75 Å². The van der Waals surface area contributed by atoms with Crippen LogP contribution in [-0.2, 0) is 6.61 Å². The molecule has 3 aromatic heterocycles. The van der Waals surface area contributed by atoms with Gasteiger partial charge in [0.2, 0.25) is 0 Å². The minimum absolute atomic E-state index is 0.424. The van der Waals surface area contributed by atoms with Crippen molar-refractivity contribution in [2.24, 2.45) is 0 Å². The summed E-state index contributed by atoms with van der Waals surface area (Å²) in [5.41, 5.74) is 1.79. The average Bonchev–Trinajstić information content (AvgIpc) is 2.80. The normalized spacial score (nSPS) is 10.7. The maximum Gasteiger partial charge on any atom is 0.138 e. The summed E-state index contributed by atoms with van der Waals surface area (Å²) in [6, 6.07) is 7.38. The number of imidazole rings is 1. The third-order valence-electron chi connectivity index (χ3n) is 2.57. The van der Waals surface area contributed by atoms with Crippen LogP contribution in [0, 0.1) is 0 Å². The van der Waals surface area contributed by atoms with E-state index in [-0.39, 0.29) is 0 Å². The molecule has 0 spiro atoms. The molecular formula is C13H10ClN3O. The van der Waals surface area contributed by atoms with Gasteiger partial charge in [-0.2, -0.15) is 0 Å². The van der Waals surface area contributed by atoms with E-state index in [0.717, 1.165) is 17.1 Å². The molecule has 0 saturated heterocycles. The molecule has 0 atom stereocenters. The van der Waals surface area contributed by atoms with Crippen LogP contribution in [0.3, 0.4) is 0 Å². The van der Waals surface area contributed by atoms with Gasteiger partial charge in [-0.1, -0.05) is 11.6 Å². The quantitative estimate of drug-likeness (QED) is 0.726.